The quantitative estimate of drug-likeness (QED) is 0.243. The molecule has 0 saturated carbocycles. The van der Waals surface area contributed by atoms with E-state index in [0.29, 0.717) is 19.5 Å². The van der Waals surface area contributed by atoms with Crippen molar-refractivity contribution in [3.63, 3.8) is 0 Å². The van der Waals surface area contributed by atoms with Crippen molar-refractivity contribution >= 4 is 41.2 Å². The number of ether oxygens (including phenoxy) is 2. The van der Waals surface area contributed by atoms with E-state index in [1.807, 2.05) is 10.6 Å². The van der Waals surface area contributed by atoms with Crippen LogP contribution < -0.4 is 10.1 Å². The maximum absolute atomic E-state index is 6.15. The third kappa shape index (κ3) is 8.34. The van der Waals surface area contributed by atoms with Crippen molar-refractivity contribution in [3.8, 4) is 0 Å². The van der Waals surface area contributed by atoms with E-state index in [2.05, 4.69) is 66.7 Å². The molecule has 34 heavy (non-hydrogen) atoms. The van der Waals surface area contributed by atoms with Crippen molar-refractivity contribution in [3.05, 3.63) is 30.1 Å². The highest BCUT2D eigenvalue weighted by molar-refractivity contribution is 6.76. The Bertz CT molecular complexity index is 933. The van der Waals surface area contributed by atoms with Gasteiger partial charge < -0.3 is 19.6 Å². The van der Waals surface area contributed by atoms with E-state index in [9.17, 15) is 0 Å². The van der Waals surface area contributed by atoms with Gasteiger partial charge in [-0.15, -0.1) is 0 Å². The molecule has 0 aliphatic heterocycles. The SMILES string of the molecule is [B]NC1CC=C(c2cc(N(COCC[Si](C)(C)C)COCC[Si](C)(C)C)n3nccc3n2)CC1. The van der Waals surface area contributed by atoms with Gasteiger partial charge in [-0.1, -0.05) is 45.4 Å². The van der Waals surface area contributed by atoms with E-state index < -0.39 is 16.1 Å². The van der Waals surface area contributed by atoms with Crippen LogP contribution in [0.3, 0.4) is 0 Å². The summed E-state index contributed by atoms with van der Waals surface area (Å²) in [7, 11) is 3.34. The summed E-state index contributed by atoms with van der Waals surface area (Å²) in [6, 6.07) is 6.69. The molecule has 0 bridgehead atoms. The Hall–Kier alpha value is -1.46. The van der Waals surface area contributed by atoms with Gasteiger partial charge in [0, 0.05) is 41.5 Å². The minimum Gasteiger partial charge on any atom is -0.363 e. The first-order valence-electron chi connectivity index (χ1n) is 12.5. The third-order valence-electron chi connectivity index (χ3n) is 6.13. The highest BCUT2D eigenvalue weighted by atomic mass is 28.3. The zero-order chi connectivity index (χ0) is 24.8. The smallest absolute Gasteiger partial charge is 0.178 e. The fraction of sp³-hybridized carbons (Fsp3) is 0.667. The lowest BCUT2D eigenvalue weighted by atomic mass is 9.92. The van der Waals surface area contributed by atoms with Crippen LogP contribution in [0.2, 0.25) is 51.4 Å². The lowest BCUT2D eigenvalue weighted by Crippen LogP contribution is -2.33. The lowest BCUT2D eigenvalue weighted by molar-refractivity contribution is 0.0942. The molecule has 10 heteroatoms. The molecule has 2 heterocycles. The van der Waals surface area contributed by atoms with Crippen LogP contribution in [0.25, 0.3) is 11.2 Å². The Morgan fingerprint density at radius 3 is 2.26 bits per heavy atom. The molecule has 2 aromatic rings. The fourth-order valence-electron chi connectivity index (χ4n) is 3.78. The number of rotatable bonds is 13. The molecule has 0 amide bonds. The van der Waals surface area contributed by atoms with Crippen LogP contribution in [-0.2, 0) is 9.47 Å². The molecule has 1 aliphatic carbocycles. The second-order valence-corrected chi connectivity index (χ2v) is 22.9. The molecule has 1 aliphatic rings. The van der Waals surface area contributed by atoms with Crippen molar-refractivity contribution in [1.29, 1.82) is 0 Å². The van der Waals surface area contributed by atoms with Crippen molar-refractivity contribution < 1.29 is 9.47 Å². The zero-order valence-corrected chi connectivity index (χ0v) is 23.9. The molecule has 2 radical (unpaired) electrons. The lowest BCUT2D eigenvalue weighted by Gasteiger charge is -2.27. The average Bonchev–Trinajstić information content (AvgIpc) is 3.25. The molecule has 0 aromatic carbocycles. The van der Waals surface area contributed by atoms with Crippen LogP contribution in [0.5, 0.6) is 0 Å². The summed E-state index contributed by atoms with van der Waals surface area (Å²) in [6.07, 6.45) is 6.93. The van der Waals surface area contributed by atoms with Gasteiger partial charge in [-0.3, -0.25) is 0 Å². The predicted molar refractivity (Wildman–Crippen MR) is 148 cm³/mol. The summed E-state index contributed by atoms with van der Waals surface area (Å²) in [4.78, 5) is 7.04. The molecule has 186 valence electrons. The Kier molecular flexibility index (Phi) is 9.56. The summed E-state index contributed by atoms with van der Waals surface area (Å²) < 4.78 is 14.2. The second kappa shape index (κ2) is 12.0. The van der Waals surface area contributed by atoms with Crippen LogP contribution >= 0.6 is 0 Å². The number of hydrogen-bond donors (Lipinski definition) is 1. The van der Waals surface area contributed by atoms with Gasteiger partial charge in [0.25, 0.3) is 0 Å². The summed E-state index contributed by atoms with van der Waals surface area (Å²) in [5, 5.41) is 7.45. The predicted octanol–water partition coefficient (Wildman–Crippen LogP) is 4.77. The molecule has 1 unspecified atom stereocenters. The number of aromatic nitrogens is 3. The number of hydrogen-bond acceptors (Lipinski definition) is 6. The van der Waals surface area contributed by atoms with E-state index >= 15 is 0 Å². The van der Waals surface area contributed by atoms with E-state index in [0.717, 1.165) is 61.7 Å². The monoisotopic (exact) mass is 499 g/mol. The summed E-state index contributed by atoms with van der Waals surface area (Å²) in [5.41, 5.74) is 3.09. The van der Waals surface area contributed by atoms with Crippen LogP contribution in [0.4, 0.5) is 5.82 Å². The molecule has 1 atom stereocenters. The first-order chi connectivity index (χ1) is 16.1. The normalized spacial score (nSPS) is 17.2. The van der Waals surface area contributed by atoms with Crippen LogP contribution in [0.15, 0.2) is 24.4 Å². The van der Waals surface area contributed by atoms with Crippen molar-refractivity contribution in [2.24, 2.45) is 0 Å². The average molecular weight is 500 g/mol. The summed E-state index contributed by atoms with van der Waals surface area (Å²) >= 11 is 0. The molecule has 0 fully saturated rings. The Balaban J connectivity index is 1.82. The maximum Gasteiger partial charge on any atom is 0.178 e. The molecule has 3 rings (SSSR count). The highest BCUT2D eigenvalue weighted by Gasteiger charge is 2.20. The van der Waals surface area contributed by atoms with Gasteiger partial charge in [0.1, 0.15) is 19.3 Å². The molecule has 0 spiro atoms. The van der Waals surface area contributed by atoms with Gasteiger partial charge in [0.2, 0.25) is 0 Å². The van der Waals surface area contributed by atoms with Crippen LogP contribution in [0, 0.1) is 0 Å². The van der Waals surface area contributed by atoms with E-state index in [1.165, 1.54) is 5.57 Å². The first-order valence-corrected chi connectivity index (χ1v) is 19.9. The summed E-state index contributed by atoms with van der Waals surface area (Å²) in [5.74, 6) is 0.950. The van der Waals surface area contributed by atoms with Crippen LogP contribution in [0.1, 0.15) is 25.0 Å². The third-order valence-corrected chi connectivity index (χ3v) is 9.54. The van der Waals surface area contributed by atoms with Crippen molar-refractivity contribution in [1.82, 2.24) is 19.8 Å². The second-order valence-electron chi connectivity index (χ2n) is 11.7. The fourth-order valence-corrected chi connectivity index (χ4v) is 5.29. The van der Waals surface area contributed by atoms with Crippen LogP contribution in [-0.4, -0.2) is 71.4 Å². The van der Waals surface area contributed by atoms with Gasteiger partial charge in [-0.25, -0.2) is 4.98 Å². The molecule has 0 saturated heterocycles. The van der Waals surface area contributed by atoms with Gasteiger partial charge in [0.15, 0.2) is 13.6 Å². The van der Waals surface area contributed by atoms with E-state index in [-0.39, 0.29) is 0 Å². The minimum absolute atomic E-state index is 0.331. The number of fused-ring (bicyclic) bond motifs is 1. The van der Waals surface area contributed by atoms with Gasteiger partial charge in [-0.2, -0.15) is 9.61 Å². The minimum atomic E-state index is -1.15. The largest absolute Gasteiger partial charge is 0.363 e. The Morgan fingerprint density at radius 1 is 1.09 bits per heavy atom. The van der Waals surface area contributed by atoms with E-state index in [1.54, 1.807) is 6.20 Å². The topological polar surface area (TPSA) is 63.9 Å². The number of nitrogens with zero attached hydrogens (tertiary/aromatic N) is 4. The zero-order valence-electron chi connectivity index (χ0n) is 21.9. The first kappa shape index (κ1) is 27.1. The molecular formula is C24H42BN5O2Si2. The van der Waals surface area contributed by atoms with Crippen molar-refractivity contribution in [2.45, 2.75) is 76.7 Å². The van der Waals surface area contributed by atoms with Gasteiger partial charge >= 0.3 is 0 Å². The molecule has 7 nitrogen and oxygen atoms in total. The number of allylic oxidation sites excluding steroid dienone is 1. The van der Waals surface area contributed by atoms with Gasteiger partial charge in [-0.05, 0) is 43.0 Å². The Labute approximate surface area is 208 Å². The molecule has 1 N–H and O–H groups in total. The summed E-state index contributed by atoms with van der Waals surface area (Å²) in [6.45, 7) is 16.7. The van der Waals surface area contributed by atoms with E-state index in [4.69, 9.17) is 22.4 Å². The molecule has 2 aromatic heterocycles. The molecular weight excluding hydrogens is 457 g/mol. The van der Waals surface area contributed by atoms with Gasteiger partial charge in [0.05, 0.1) is 11.9 Å². The standard InChI is InChI=1S/C24H42BN5O2Si2/c1-33(2,3)15-13-31-18-29(19-32-14-16-34(4,5)6)24-17-22(27-23-11-12-26-30(23)24)20-7-9-21(28-25)10-8-20/h7,11-12,17,21,28H,8-10,13-16,18-19H2,1-6H3. The number of anilines is 1. The highest BCUT2D eigenvalue weighted by Crippen LogP contribution is 2.29. The number of nitrogens with one attached hydrogen (secondary N) is 1. The maximum atomic E-state index is 6.15. The van der Waals surface area contributed by atoms with Crippen molar-refractivity contribution in [2.75, 3.05) is 31.6 Å². The Morgan fingerprint density at radius 2 is 1.74 bits per heavy atom.